The Kier molecular flexibility index (Phi) is 2.26. The Balaban J connectivity index is 2.29. The average Bonchev–Trinajstić information content (AvgIpc) is 2.16. The van der Waals surface area contributed by atoms with Crippen LogP contribution in [0.4, 0.5) is 0 Å². The summed E-state index contributed by atoms with van der Waals surface area (Å²) in [4.78, 5) is 22.0. The summed E-state index contributed by atoms with van der Waals surface area (Å²) in [6.07, 6.45) is 3.10. The number of carbonyl (C=O) groups is 2. The van der Waals surface area contributed by atoms with Gasteiger partial charge in [-0.15, -0.1) is 0 Å². The van der Waals surface area contributed by atoms with Crippen LogP contribution in [-0.4, -0.2) is 34.4 Å². The van der Waals surface area contributed by atoms with E-state index in [1.807, 2.05) is 0 Å². The van der Waals surface area contributed by atoms with Gasteiger partial charge in [0.2, 0.25) is 0 Å². The summed E-state index contributed by atoms with van der Waals surface area (Å²) >= 11 is 0. The SMILES string of the molecule is O=C(O)C1CC2(C(=O)O)C=CCC(C2)O1. The number of carboxylic acid groups (broad SMARTS) is 2. The summed E-state index contributed by atoms with van der Waals surface area (Å²) in [5, 5.41) is 18.0. The number of fused-ring (bicyclic) bond motifs is 2. The summed E-state index contributed by atoms with van der Waals surface area (Å²) in [7, 11) is 0. The molecule has 1 fully saturated rings. The summed E-state index contributed by atoms with van der Waals surface area (Å²) in [6, 6.07) is 0. The molecule has 1 heterocycles. The van der Waals surface area contributed by atoms with Gasteiger partial charge in [-0.05, 0) is 12.8 Å². The van der Waals surface area contributed by atoms with Crippen molar-refractivity contribution < 1.29 is 24.5 Å². The second kappa shape index (κ2) is 3.34. The Hall–Kier alpha value is -1.36. The monoisotopic (exact) mass is 212 g/mol. The highest BCUT2D eigenvalue weighted by atomic mass is 16.5. The second-order valence-electron chi connectivity index (χ2n) is 4.09. The van der Waals surface area contributed by atoms with E-state index in [1.165, 1.54) is 0 Å². The van der Waals surface area contributed by atoms with Crippen LogP contribution in [0.15, 0.2) is 12.2 Å². The molecule has 0 amide bonds. The molecule has 0 spiro atoms. The number of hydrogen-bond donors (Lipinski definition) is 2. The van der Waals surface area contributed by atoms with Crippen molar-refractivity contribution in [1.29, 1.82) is 0 Å². The first kappa shape index (κ1) is 10.2. The maximum Gasteiger partial charge on any atom is 0.332 e. The number of rotatable bonds is 2. The van der Waals surface area contributed by atoms with Gasteiger partial charge in [0.1, 0.15) is 0 Å². The highest BCUT2D eigenvalue weighted by molar-refractivity contribution is 5.80. The van der Waals surface area contributed by atoms with Crippen LogP contribution in [0.5, 0.6) is 0 Å². The lowest BCUT2D eigenvalue weighted by Crippen LogP contribution is -2.48. The molecule has 2 N–H and O–H groups in total. The fourth-order valence-electron chi connectivity index (χ4n) is 2.26. The minimum Gasteiger partial charge on any atom is -0.481 e. The van der Waals surface area contributed by atoms with E-state index in [0.717, 1.165) is 0 Å². The molecular weight excluding hydrogens is 200 g/mol. The molecule has 2 bridgehead atoms. The molecule has 1 aliphatic carbocycles. The zero-order valence-electron chi connectivity index (χ0n) is 8.05. The van der Waals surface area contributed by atoms with E-state index < -0.39 is 23.5 Å². The predicted molar refractivity (Wildman–Crippen MR) is 49.4 cm³/mol. The van der Waals surface area contributed by atoms with Gasteiger partial charge in [-0.2, -0.15) is 0 Å². The quantitative estimate of drug-likeness (QED) is 0.656. The fourth-order valence-corrected chi connectivity index (χ4v) is 2.26. The Bertz CT molecular complexity index is 335. The van der Waals surface area contributed by atoms with Crippen LogP contribution < -0.4 is 0 Å². The van der Waals surface area contributed by atoms with Crippen molar-refractivity contribution in [2.45, 2.75) is 31.5 Å². The maximum atomic E-state index is 11.2. The Morgan fingerprint density at radius 1 is 1.33 bits per heavy atom. The third-order valence-corrected chi connectivity index (χ3v) is 3.04. The van der Waals surface area contributed by atoms with Crippen molar-refractivity contribution in [2.75, 3.05) is 0 Å². The van der Waals surface area contributed by atoms with Crippen LogP contribution in [0, 0.1) is 5.41 Å². The lowest BCUT2D eigenvalue weighted by molar-refractivity contribution is -0.175. The minimum absolute atomic E-state index is 0.0185. The summed E-state index contributed by atoms with van der Waals surface area (Å²) < 4.78 is 5.28. The van der Waals surface area contributed by atoms with Crippen LogP contribution in [0.2, 0.25) is 0 Å². The van der Waals surface area contributed by atoms with Gasteiger partial charge >= 0.3 is 11.9 Å². The fraction of sp³-hybridized carbons (Fsp3) is 0.600. The molecule has 15 heavy (non-hydrogen) atoms. The predicted octanol–water partition coefficient (Wildman–Crippen LogP) is 0.650. The molecule has 3 unspecified atom stereocenters. The molecule has 0 saturated carbocycles. The van der Waals surface area contributed by atoms with Gasteiger partial charge in [-0.3, -0.25) is 4.79 Å². The normalized spacial score (nSPS) is 38.7. The van der Waals surface area contributed by atoms with Gasteiger partial charge in [0.05, 0.1) is 11.5 Å². The van der Waals surface area contributed by atoms with Gasteiger partial charge < -0.3 is 14.9 Å². The highest BCUT2D eigenvalue weighted by Crippen LogP contribution is 2.42. The van der Waals surface area contributed by atoms with E-state index in [1.54, 1.807) is 12.2 Å². The van der Waals surface area contributed by atoms with E-state index in [2.05, 4.69) is 0 Å². The molecular formula is C10H12O5. The molecule has 0 aromatic carbocycles. The number of hydrogen-bond acceptors (Lipinski definition) is 3. The topological polar surface area (TPSA) is 83.8 Å². The standard InChI is InChI=1S/C10H12O5/c11-8(12)7-5-10(9(13)14)3-1-2-6(4-10)15-7/h1,3,6-7H,2,4-5H2,(H,11,12)(H,13,14). The molecule has 0 aromatic heterocycles. The molecule has 82 valence electrons. The molecule has 0 aromatic rings. The van der Waals surface area contributed by atoms with Crippen LogP contribution in [0.3, 0.4) is 0 Å². The first-order valence-corrected chi connectivity index (χ1v) is 4.83. The minimum atomic E-state index is -1.08. The molecule has 5 nitrogen and oxygen atoms in total. The smallest absolute Gasteiger partial charge is 0.332 e. The van der Waals surface area contributed by atoms with E-state index in [9.17, 15) is 9.59 Å². The maximum absolute atomic E-state index is 11.2. The van der Waals surface area contributed by atoms with E-state index in [0.29, 0.717) is 12.8 Å². The molecule has 5 heteroatoms. The van der Waals surface area contributed by atoms with Crippen LogP contribution in [-0.2, 0) is 14.3 Å². The zero-order chi connectivity index (χ0) is 11.1. The van der Waals surface area contributed by atoms with Crippen molar-refractivity contribution in [2.24, 2.45) is 5.41 Å². The largest absolute Gasteiger partial charge is 0.481 e. The third kappa shape index (κ3) is 1.63. The molecule has 1 aliphatic heterocycles. The van der Waals surface area contributed by atoms with Gasteiger partial charge in [-0.1, -0.05) is 12.2 Å². The Morgan fingerprint density at radius 2 is 2.07 bits per heavy atom. The third-order valence-electron chi connectivity index (χ3n) is 3.04. The van der Waals surface area contributed by atoms with Gasteiger partial charge in [0.25, 0.3) is 0 Å². The first-order chi connectivity index (χ1) is 7.03. The summed E-state index contributed by atoms with van der Waals surface area (Å²) in [5.74, 6) is -2.04. The summed E-state index contributed by atoms with van der Waals surface area (Å²) in [5.41, 5.74) is -1.04. The van der Waals surface area contributed by atoms with Crippen LogP contribution in [0.25, 0.3) is 0 Å². The summed E-state index contributed by atoms with van der Waals surface area (Å²) in [6.45, 7) is 0. The van der Waals surface area contributed by atoms with Crippen LogP contribution >= 0.6 is 0 Å². The average molecular weight is 212 g/mol. The lowest BCUT2D eigenvalue weighted by atomic mass is 9.72. The van der Waals surface area contributed by atoms with Gasteiger partial charge in [0.15, 0.2) is 6.10 Å². The van der Waals surface area contributed by atoms with Crippen molar-refractivity contribution in [3.05, 3.63) is 12.2 Å². The van der Waals surface area contributed by atoms with E-state index in [-0.39, 0.29) is 12.5 Å². The van der Waals surface area contributed by atoms with Crippen molar-refractivity contribution in [3.63, 3.8) is 0 Å². The van der Waals surface area contributed by atoms with Crippen molar-refractivity contribution in [3.8, 4) is 0 Å². The number of aliphatic carboxylic acids is 2. The van der Waals surface area contributed by atoms with Gasteiger partial charge in [0, 0.05) is 6.42 Å². The molecule has 1 saturated heterocycles. The van der Waals surface area contributed by atoms with Crippen molar-refractivity contribution >= 4 is 11.9 Å². The van der Waals surface area contributed by atoms with E-state index >= 15 is 0 Å². The Morgan fingerprint density at radius 3 is 2.67 bits per heavy atom. The Labute approximate surface area is 86.3 Å². The molecule has 0 radical (unpaired) electrons. The second-order valence-corrected chi connectivity index (χ2v) is 4.09. The number of carboxylic acids is 2. The highest BCUT2D eigenvalue weighted by Gasteiger charge is 2.48. The molecule has 3 atom stereocenters. The molecule has 2 rings (SSSR count). The zero-order valence-corrected chi connectivity index (χ0v) is 8.05. The number of ether oxygens (including phenoxy) is 1. The van der Waals surface area contributed by atoms with Gasteiger partial charge in [-0.25, -0.2) is 4.79 Å². The van der Waals surface area contributed by atoms with E-state index in [4.69, 9.17) is 14.9 Å². The first-order valence-electron chi connectivity index (χ1n) is 4.83. The lowest BCUT2D eigenvalue weighted by Gasteiger charge is -2.41. The molecule has 2 aliphatic rings. The van der Waals surface area contributed by atoms with Crippen LogP contribution in [0.1, 0.15) is 19.3 Å². The van der Waals surface area contributed by atoms with Crippen molar-refractivity contribution in [1.82, 2.24) is 0 Å².